The number of benzene rings is 1. The van der Waals surface area contributed by atoms with Crippen LogP contribution in [0.1, 0.15) is 6.42 Å². The van der Waals surface area contributed by atoms with Crippen LogP contribution in [0.3, 0.4) is 0 Å². The Labute approximate surface area is 85.7 Å². The number of nitrogens with one attached hydrogen (secondary N) is 1. The number of fused-ring (bicyclic) bond motifs is 1. The Bertz CT molecular complexity index is 478. The predicted molar refractivity (Wildman–Crippen MR) is 54.8 cm³/mol. The smallest absolute Gasteiger partial charge is 0.305 e. The highest BCUT2D eigenvalue weighted by atomic mass is 16.5. The summed E-state index contributed by atoms with van der Waals surface area (Å²) in [6.45, 7) is 0.339. The van der Waals surface area contributed by atoms with Crippen LogP contribution in [-0.2, 0) is 4.79 Å². The summed E-state index contributed by atoms with van der Waals surface area (Å²) in [4.78, 5) is 10.3. The third kappa shape index (κ3) is 2.07. The van der Waals surface area contributed by atoms with Gasteiger partial charge < -0.3 is 14.9 Å². The van der Waals surface area contributed by atoms with Gasteiger partial charge in [0.05, 0.1) is 11.8 Å². The zero-order chi connectivity index (χ0) is 10.7. The first-order chi connectivity index (χ1) is 7.27. The maximum absolute atomic E-state index is 10.3. The highest BCUT2D eigenvalue weighted by molar-refractivity contribution is 5.87. The normalized spacial score (nSPS) is 10.4. The highest BCUT2D eigenvalue weighted by Gasteiger charge is 2.06. The van der Waals surface area contributed by atoms with E-state index in [2.05, 4.69) is 10.5 Å². The van der Waals surface area contributed by atoms with Crippen molar-refractivity contribution in [3.63, 3.8) is 0 Å². The fraction of sp³-hybridized carbons (Fsp3) is 0.200. The summed E-state index contributed by atoms with van der Waals surface area (Å²) in [6.07, 6.45) is 0.0567. The fourth-order valence-corrected chi connectivity index (χ4v) is 1.30. The summed E-state index contributed by atoms with van der Waals surface area (Å²) in [5.74, 6) is -0.248. The van der Waals surface area contributed by atoms with Crippen molar-refractivity contribution in [2.24, 2.45) is 0 Å². The SMILES string of the molecule is O=C(O)CCNc1noc2ccccc12. The van der Waals surface area contributed by atoms with Gasteiger partial charge in [0.1, 0.15) is 0 Å². The Kier molecular flexibility index (Phi) is 2.53. The third-order valence-electron chi connectivity index (χ3n) is 2.01. The molecule has 2 N–H and O–H groups in total. The van der Waals surface area contributed by atoms with Gasteiger partial charge in [-0.2, -0.15) is 0 Å². The second-order valence-corrected chi connectivity index (χ2v) is 3.10. The lowest BCUT2D eigenvalue weighted by Crippen LogP contribution is -2.07. The van der Waals surface area contributed by atoms with Crippen molar-refractivity contribution in [1.29, 1.82) is 0 Å². The number of aliphatic carboxylic acids is 1. The third-order valence-corrected chi connectivity index (χ3v) is 2.01. The molecule has 0 bridgehead atoms. The van der Waals surface area contributed by atoms with E-state index in [1.807, 2.05) is 24.3 Å². The number of hydrogen-bond donors (Lipinski definition) is 2. The topological polar surface area (TPSA) is 75.4 Å². The summed E-state index contributed by atoms with van der Waals surface area (Å²) in [7, 11) is 0. The molecule has 0 saturated heterocycles. The number of anilines is 1. The molecular formula is C10H10N2O3. The maximum atomic E-state index is 10.3. The molecule has 0 spiro atoms. The molecule has 0 unspecified atom stereocenters. The average Bonchev–Trinajstić information content (AvgIpc) is 2.62. The van der Waals surface area contributed by atoms with Gasteiger partial charge in [-0.25, -0.2) is 0 Å². The predicted octanol–water partition coefficient (Wildman–Crippen LogP) is 1.71. The standard InChI is InChI=1S/C10H10N2O3/c13-9(14)5-6-11-10-7-3-1-2-4-8(7)15-12-10/h1-4H,5-6H2,(H,11,12)(H,13,14). The largest absolute Gasteiger partial charge is 0.481 e. The summed E-state index contributed by atoms with van der Waals surface area (Å²) in [5, 5.41) is 16.1. The van der Waals surface area contributed by atoms with Gasteiger partial charge in [0.15, 0.2) is 11.4 Å². The van der Waals surface area contributed by atoms with Crippen LogP contribution in [0, 0.1) is 0 Å². The second-order valence-electron chi connectivity index (χ2n) is 3.10. The van der Waals surface area contributed by atoms with Crippen molar-refractivity contribution < 1.29 is 14.4 Å². The first-order valence-electron chi connectivity index (χ1n) is 4.57. The number of carboxylic acid groups (broad SMARTS) is 1. The quantitative estimate of drug-likeness (QED) is 0.796. The van der Waals surface area contributed by atoms with Crippen molar-refractivity contribution in [2.45, 2.75) is 6.42 Å². The van der Waals surface area contributed by atoms with Crippen molar-refractivity contribution in [3.8, 4) is 0 Å². The molecule has 2 aromatic rings. The van der Waals surface area contributed by atoms with E-state index in [1.165, 1.54) is 0 Å². The first kappa shape index (κ1) is 9.51. The van der Waals surface area contributed by atoms with Crippen molar-refractivity contribution in [3.05, 3.63) is 24.3 Å². The molecule has 0 fully saturated rings. The average molecular weight is 206 g/mol. The molecule has 1 heterocycles. The van der Waals surface area contributed by atoms with Crippen molar-refractivity contribution in [2.75, 3.05) is 11.9 Å². The van der Waals surface area contributed by atoms with Crippen molar-refractivity contribution >= 4 is 22.8 Å². The van der Waals surface area contributed by atoms with E-state index in [0.717, 1.165) is 5.39 Å². The number of hydrogen-bond acceptors (Lipinski definition) is 4. The fourth-order valence-electron chi connectivity index (χ4n) is 1.30. The Hall–Kier alpha value is -2.04. The van der Waals surface area contributed by atoms with Gasteiger partial charge in [-0.1, -0.05) is 17.3 Å². The molecule has 0 aliphatic rings. The summed E-state index contributed by atoms with van der Waals surface area (Å²) in [5.41, 5.74) is 0.690. The van der Waals surface area contributed by atoms with E-state index in [9.17, 15) is 4.79 Å². The molecule has 1 aromatic carbocycles. The lowest BCUT2D eigenvalue weighted by molar-refractivity contribution is -0.136. The van der Waals surface area contributed by atoms with Gasteiger partial charge in [0.2, 0.25) is 0 Å². The van der Waals surface area contributed by atoms with E-state index < -0.39 is 5.97 Å². The number of carboxylic acids is 1. The van der Waals surface area contributed by atoms with Crippen LogP contribution < -0.4 is 5.32 Å². The minimum atomic E-state index is -0.838. The van der Waals surface area contributed by atoms with E-state index in [4.69, 9.17) is 9.63 Å². The molecule has 0 amide bonds. The second kappa shape index (κ2) is 4.00. The van der Waals surface area contributed by atoms with Gasteiger partial charge in [0.25, 0.3) is 0 Å². The van der Waals surface area contributed by atoms with Crippen LogP contribution in [0.15, 0.2) is 28.8 Å². The molecule has 0 atom stereocenters. The number of aromatic nitrogens is 1. The van der Waals surface area contributed by atoms with Crippen LogP contribution in [0.4, 0.5) is 5.82 Å². The van der Waals surface area contributed by atoms with E-state index >= 15 is 0 Å². The van der Waals surface area contributed by atoms with Crippen LogP contribution in [0.2, 0.25) is 0 Å². The van der Waals surface area contributed by atoms with Crippen LogP contribution in [0.25, 0.3) is 11.0 Å². The summed E-state index contributed by atoms with van der Waals surface area (Å²) >= 11 is 0. The monoisotopic (exact) mass is 206 g/mol. The molecule has 0 radical (unpaired) electrons. The molecular weight excluding hydrogens is 196 g/mol. The molecule has 5 nitrogen and oxygen atoms in total. The van der Waals surface area contributed by atoms with Crippen LogP contribution in [-0.4, -0.2) is 22.8 Å². The Morgan fingerprint density at radius 2 is 2.27 bits per heavy atom. The first-order valence-corrected chi connectivity index (χ1v) is 4.57. The summed E-state index contributed by atoms with van der Waals surface area (Å²) in [6, 6.07) is 7.41. The lowest BCUT2D eigenvalue weighted by atomic mass is 10.2. The molecule has 0 aliphatic heterocycles. The zero-order valence-corrected chi connectivity index (χ0v) is 7.93. The number of rotatable bonds is 4. The van der Waals surface area contributed by atoms with Crippen LogP contribution >= 0.6 is 0 Å². The molecule has 0 aliphatic carbocycles. The van der Waals surface area contributed by atoms with Gasteiger partial charge in [0, 0.05) is 6.54 Å². The summed E-state index contributed by atoms with van der Waals surface area (Å²) < 4.78 is 5.05. The molecule has 5 heteroatoms. The van der Waals surface area contributed by atoms with E-state index in [0.29, 0.717) is 17.9 Å². The van der Waals surface area contributed by atoms with E-state index in [1.54, 1.807) is 0 Å². The Balaban J connectivity index is 2.11. The Morgan fingerprint density at radius 3 is 3.07 bits per heavy atom. The van der Waals surface area contributed by atoms with Crippen LogP contribution in [0.5, 0.6) is 0 Å². The number of carbonyl (C=O) groups is 1. The molecule has 1 aromatic heterocycles. The molecule has 78 valence electrons. The molecule has 2 rings (SSSR count). The van der Waals surface area contributed by atoms with Gasteiger partial charge in [-0.05, 0) is 12.1 Å². The highest BCUT2D eigenvalue weighted by Crippen LogP contribution is 2.21. The van der Waals surface area contributed by atoms with E-state index in [-0.39, 0.29) is 6.42 Å². The molecule has 0 saturated carbocycles. The Morgan fingerprint density at radius 1 is 1.47 bits per heavy atom. The minimum Gasteiger partial charge on any atom is -0.481 e. The lowest BCUT2D eigenvalue weighted by Gasteiger charge is -1.98. The van der Waals surface area contributed by atoms with Gasteiger partial charge in [-0.3, -0.25) is 4.79 Å². The zero-order valence-electron chi connectivity index (χ0n) is 7.93. The number of para-hydroxylation sites is 1. The molecule has 15 heavy (non-hydrogen) atoms. The minimum absolute atomic E-state index is 0.0567. The van der Waals surface area contributed by atoms with Crippen molar-refractivity contribution in [1.82, 2.24) is 5.16 Å². The number of nitrogens with zero attached hydrogens (tertiary/aromatic N) is 1. The van der Waals surface area contributed by atoms with Gasteiger partial charge >= 0.3 is 5.97 Å². The van der Waals surface area contributed by atoms with Gasteiger partial charge in [-0.15, -0.1) is 0 Å². The maximum Gasteiger partial charge on any atom is 0.305 e.